The third-order valence-electron chi connectivity index (χ3n) is 1.62. The van der Waals surface area contributed by atoms with Crippen LogP contribution in [0.15, 0.2) is 0 Å². The molecule has 0 radical (unpaired) electrons. The van der Waals surface area contributed by atoms with E-state index in [9.17, 15) is 4.79 Å². The summed E-state index contributed by atoms with van der Waals surface area (Å²) < 4.78 is 5.09. The van der Waals surface area contributed by atoms with Crippen molar-refractivity contribution in [3.05, 3.63) is 0 Å². The molecular weight excluding hydrogens is 202 g/mol. The van der Waals surface area contributed by atoms with Crippen molar-refractivity contribution >= 4 is 23.4 Å². The number of carbonyl (C=O) groups is 1. The van der Waals surface area contributed by atoms with Crippen LogP contribution in [0, 0.1) is 0 Å². The van der Waals surface area contributed by atoms with Crippen molar-refractivity contribution in [2.75, 3.05) is 7.05 Å². The number of amides is 1. The van der Waals surface area contributed by atoms with Crippen LogP contribution in [-0.2, 0) is 4.74 Å². The zero-order chi connectivity index (χ0) is 11.5. The van der Waals surface area contributed by atoms with Crippen LogP contribution in [0.5, 0.6) is 0 Å². The van der Waals surface area contributed by atoms with Crippen molar-refractivity contribution in [1.29, 1.82) is 0 Å². The molecule has 82 valence electrons. The Kier molecular flexibility index (Phi) is 4.32. The number of hydrogen-bond acceptors (Lipinski definition) is 3. The third kappa shape index (κ3) is 4.41. The number of thiocarbonyl (C=S) groups is 1. The van der Waals surface area contributed by atoms with Gasteiger partial charge in [0.15, 0.2) is 5.05 Å². The van der Waals surface area contributed by atoms with E-state index in [-0.39, 0.29) is 5.05 Å². The van der Waals surface area contributed by atoms with Crippen LogP contribution in [0.3, 0.4) is 0 Å². The van der Waals surface area contributed by atoms with Crippen LogP contribution in [0.25, 0.3) is 0 Å². The highest BCUT2D eigenvalue weighted by Crippen LogP contribution is 2.10. The minimum absolute atomic E-state index is 0.224. The molecule has 0 bridgehead atoms. The van der Waals surface area contributed by atoms with E-state index in [2.05, 4.69) is 12.2 Å². The zero-order valence-corrected chi connectivity index (χ0v) is 10.0. The number of aliphatic hydroxyl groups excluding tert-OH is 1. The van der Waals surface area contributed by atoms with Crippen molar-refractivity contribution in [2.45, 2.75) is 39.3 Å². The van der Waals surface area contributed by atoms with Crippen molar-refractivity contribution in [3.63, 3.8) is 0 Å². The van der Waals surface area contributed by atoms with Crippen LogP contribution >= 0.6 is 12.2 Å². The van der Waals surface area contributed by atoms with Gasteiger partial charge in [-0.15, -0.1) is 0 Å². The Bertz CT molecular complexity index is 235. The first kappa shape index (κ1) is 13.2. The van der Waals surface area contributed by atoms with Gasteiger partial charge in [-0.05, 0) is 39.9 Å². The maximum atomic E-state index is 11.4. The molecule has 0 spiro atoms. The molecule has 1 N–H and O–H groups in total. The van der Waals surface area contributed by atoms with E-state index in [1.165, 1.54) is 11.9 Å². The number of nitrogens with zero attached hydrogens (tertiary/aromatic N) is 1. The molecule has 0 aliphatic heterocycles. The summed E-state index contributed by atoms with van der Waals surface area (Å²) in [7, 11) is 1.53. The maximum Gasteiger partial charge on any atom is 0.410 e. The van der Waals surface area contributed by atoms with Crippen LogP contribution in [0.2, 0.25) is 0 Å². The van der Waals surface area contributed by atoms with Crippen molar-refractivity contribution < 1.29 is 14.6 Å². The second-order valence-corrected chi connectivity index (χ2v) is 4.52. The van der Waals surface area contributed by atoms with Gasteiger partial charge in [0.2, 0.25) is 0 Å². The van der Waals surface area contributed by atoms with Gasteiger partial charge in [0.1, 0.15) is 11.6 Å². The lowest BCUT2D eigenvalue weighted by Gasteiger charge is -2.27. The Morgan fingerprint density at radius 2 is 1.93 bits per heavy atom. The lowest BCUT2D eigenvalue weighted by atomic mass is 10.2. The molecule has 0 saturated heterocycles. The number of rotatable bonds is 2. The van der Waals surface area contributed by atoms with E-state index >= 15 is 0 Å². The van der Waals surface area contributed by atoms with Crippen molar-refractivity contribution in [2.24, 2.45) is 0 Å². The van der Waals surface area contributed by atoms with Crippen LogP contribution < -0.4 is 0 Å². The molecule has 0 rings (SSSR count). The van der Waals surface area contributed by atoms with Gasteiger partial charge in [-0.3, -0.25) is 0 Å². The largest absolute Gasteiger partial charge is 0.500 e. The van der Waals surface area contributed by atoms with Gasteiger partial charge >= 0.3 is 6.09 Å². The highest BCUT2D eigenvalue weighted by atomic mass is 32.1. The number of hydrogen-bond donors (Lipinski definition) is 1. The Morgan fingerprint density at radius 1 is 1.50 bits per heavy atom. The van der Waals surface area contributed by atoms with Gasteiger partial charge < -0.3 is 14.7 Å². The molecule has 0 aromatic carbocycles. The standard InChI is InChI=1S/C9H17NO3S/c1-6(7(11)14)10(5)8(12)13-9(2,3)4/h6H,1-5H3,(H,11,14)/t6-/m0/s1. The van der Waals surface area contributed by atoms with E-state index in [4.69, 9.17) is 9.84 Å². The lowest BCUT2D eigenvalue weighted by molar-refractivity contribution is 0.0270. The normalized spacial score (nSPS) is 13.2. The zero-order valence-electron chi connectivity index (χ0n) is 9.20. The lowest BCUT2D eigenvalue weighted by Crippen LogP contribution is -2.42. The monoisotopic (exact) mass is 219 g/mol. The number of likely N-dealkylation sites (N-methyl/N-ethyl adjacent to an activating group) is 1. The second-order valence-electron chi connectivity index (χ2n) is 4.11. The molecular formula is C9H17NO3S. The average Bonchev–Trinajstić information content (AvgIpc) is 1.98. The topological polar surface area (TPSA) is 49.8 Å². The number of carbonyl (C=O) groups excluding carboxylic acids is 1. The molecule has 1 amide bonds. The molecule has 0 aliphatic rings. The van der Waals surface area contributed by atoms with E-state index in [1.807, 2.05) is 0 Å². The summed E-state index contributed by atoms with van der Waals surface area (Å²) in [5.41, 5.74) is -0.540. The Labute approximate surface area is 89.8 Å². The average molecular weight is 219 g/mol. The molecule has 0 fully saturated rings. The minimum Gasteiger partial charge on any atom is -0.500 e. The first-order valence-electron chi connectivity index (χ1n) is 4.34. The smallest absolute Gasteiger partial charge is 0.410 e. The van der Waals surface area contributed by atoms with Crippen LogP contribution in [-0.4, -0.2) is 39.8 Å². The van der Waals surface area contributed by atoms with Crippen molar-refractivity contribution in [1.82, 2.24) is 4.90 Å². The van der Waals surface area contributed by atoms with E-state index in [0.29, 0.717) is 0 Å². The highest BCUT2D eigenvalue weighted by molar-refractivity contribution is 7.80. The minimum atomic E-state index is -0.540. The fourth-order valence-electron chi connectivity index (χ4n) is 0.658. The predicted octanol–water partition coefficient (Wildman–Crippen LogP) is 2.13. The molecule has 4 nitrogen and oxygen atoms in total. The quantitative estimate of drug-likeness (QED) is 0.723. The van der Waals surface area contributed by atoms with Gasteiger partial charge in [0.25, 0.3) is 0 Å². The molecule has 0 heterocycles. The number of aliphatic hydroxyl groups is 1. The summed E-state index contributed by atoms with van der Waals surface area (Å²) in [6.45, 7) is 6.97. The predicted molar refractivity (Wildman–Crippen MR) is 58.7 cm³/mol. The molecule has 0 aromatic rings. The summed E-state index contributed by atoms with van der Waals surface area (Å²) in [4.78, 5) is 12.7. The van der Waals surface area contributed by atoms with E-state index in [1.54, 1.807) is 27.7 Å². The highest BCUT2D eigenvalue weighted by Gasteiger charge is 2.24. The Morgan fingerprint density at radius 3 is 2.21 bits per heavy atom. The van der Waals surface area contributed by atoms with Gasteiger partial charge in [-0.2, -0.15) is 0 Å². The molecule has 5 heteroatoms. The molecule has 0 unspecified atom stereocenters. The van der Waals surface area contributed by atoms with Gasteiger partial charge in [0, 0.05) is 7.05 Å². The van der Waals surface area contributed by atoms with Crippen LogP contribution in [0.4, 0.5) is 4.79 Å². The Balaban J connectivity index is 4.33. The van der Waals surface area contributed by atoms with E-state index < -0.39 is 17.7 Å². The fraction of sp³-hybridized carbons (Fsp3) is 0.778. The molecule has 0 saturated carbocycles. The van der Waals surface area contributed by atoms with Gasteiger partial charge in [0.05, 0.1) is 0 Å². The maximum absolute atomic E-state index is 11.4. The molecule has 1 atom stereocenters. The van der Waals surface area contributed by atoms with Gasteiger partial charge in [-0.25, -0.2) is 4.79 Å². The first-order valence-corrected chi connectivity index (χ1v) is 4.74. The van der Waals surface area contributed by atoms with E-state index in [0.717, 1.165) is 0 Å². The number of ether oxygens (including phenoxy) is 1. The summed E-state index contributed by atoms with van der Waals surface area (Å²) in [6, 6.07) is -0.514. The first-order chi connectivity index (χ1) is 6.15. The molecule has 0 aliphatic carbocycles. The third-order valence-corrected chi connectivity index (χ3v) is 1.96. The van der Waals surface area contributed by atoms with Crippen LogP contribution in [0.1, 0.15) is 27.7 Å². The Hall–Kier alpha value is -0.840. The summed E-state index contributed by atoms with van der Waals surface area (Å²) in [5.74, 6) is 0. The second kappa shape index (κ2) is 4.59. The summed E-state index contributed by atoms with van der Waals surface area (Å²) in [5, 5.41) is 8.80. The fourth-order valence-corrected chi connectivity index (χ4v) is 0.816. The summed E-state index contributed by atoms with van der Waals surface area (Å²) in [6.07, 6.45) is -0.499. The summed E-state index contributed by atoms with van der Waals surface area (Å²) >= 11 is 4.56. The molecule has 14 heavy (non-hydrogen) atoms. The van der Waals surface area contributed by atoms with Gasteiger partial charge in [-0.1, -0.05) is 0 Å². The van der Waals surface area contributed by atoms with Crippen molar-refractivity contribution in [3.8, 4) is 0 Å². The SMILES string of the molecule is C[C@@H](C(O)=S)N(C)C(=O)OC(C)(C)C. The molecule has 0 aromatic heterocycles.